The zero-order valence-electron chi connectivity index (χ0n) is 11.1. The molecule has 0 unspecified atom stereocenters. The summed E-state index contributed by atoms with van der Waals surface area (Å²) >= 11 is 0. The van der Waals surface area contributed by atoms with Crippen molar-refractivity contribution >= 4 is 5.91 Å². The Balaban J connectivity index is 1.62. The molecule has 1 aliphatic carbocycles. The number of carbonyl (C=O) groups excluding carboxylic acids is 1. The number of amides is 1. The highest BCUT2D eigenvalue weighted by Crippen LogP contribution is 2.19. The number of nitrogens with one attached hydrogen (secondary N) is 1. The van der Waals surface area contributed by atoms with E-state index >= 15 is 0 Å². The Hall–Kier alpha value is -1.39. The summed E-state index contributed by atoms with van der Waals surface area (Å²) in [5.74, 6) is 0.0614. The summed E-state index contributed by atoms with van der Waals surface area (Å²) < 4.78 is 5.34. The molecule has 0 radical (unpaired) electrons. The van der Waals surface area contributed by atoms with Crippen LogP contribution in [0.4, 0.5) is 0 Å². The van der Waals surface area contributed by atoms with E-state index < -0.39 is 0 Å². The van der Waals surface area contributed by atoms with Crippen LogP contribution in [0.25, 0.3) is 0 Å². The van der Waals surface area contributed by atoms with Gasteiger partial charge in [-0.3, -0.25) is 9.69 Å². The van der Waals surface area contributed by atoms with Crippen molar-refractivity contribution in [1.82, 2.24) is 10.2 Å². The third-order valence-corrected chi connectivity index (χ3v) is 3.61. The summed E-state index contributed by atoms with van der Waals surface area (Å²) in [5, 5.41) is 3.03. The highest BCUT2D eigenvalue weighted by molar-refractivity contribution is 5.94. The molecule has 0 bridgehead atoms. The maximum absolute atomic E-state index is 12.0. The Morgan fingerprint density at radius 3 is 2.84 bits per heavy atom. The fourth-order valence-electron chi connectivity index (χ4n) is 2.32. The fraction of sp³-hybridized carbons (Fsp3) is 0.533. The maximum atomic E-state index is 12.0. The van der Waals surface area contributed by atoms with Crippen LogP contribution in [-0.4, -0.2) is 43.2 Å². The predicted octanol–water partition coefficient (Wildman–Crippen LogP) is 1.41. The normalized spacial score (nSPS) is 20.2. The largest absolute Gasteiger partial charge is 0.379 e. The quantitative estimate of drug-likeness (QED) is 0.890. The van der Waals surface area contributed by atoms with Gasteiger partial charge in [0.15, 0.2) is 0 Å². The van der Waals surface area contributed by atoms with Gasteiger partial charge in [0.2, 0.25) is 0 Å². The molecule has 4 heteroatoms. The third kappa shape index (κ3) is 3.55. The first-order chi connectivity index (χ1) is 9.31. The molecule has 1 saturated heterocycles. The zero-order valence-corrected chi connectivity index (χ0v) is 11.1. The molecule has 0 aromatic heterocycles. The van der Waals surface area contributed by atoms with Crippen molar-refractivity contribution in [3.8, 4) is 0 Å². The molecule has 0 spiro atoms. The first-order valence-electron chi connectivity index (χ1n) is 7.01. The van der Waals surface area contributed by atoms with Gasteiger partial charge in [-0.1, -0.05) is 12.1 Å². The van der Waals surface area contributed by atoms with Gasteiger partial charge in [0.25, 0.3) is 5.91 Å². The smallest absolute Gasteiger partial charge is 0.251 e. The van der Waals surface area contributed by atoms with E-state index in [1.165, 1.54) is 5.56 Å². The molecule has 1 amide bonds. The van der Waals surface area contributed by atoms with Crippen LogP contribution in [0.1, 0.15) is 28.8 Å². The monoisotopic (exact) mass is 260 g/mol. The second-order valence-corrected chi connectivity index (χ2v) is 5.34. The summed E-state index contributed by atoms with van der Waals surface area (Å²) in [6.07, 6.45) is 2.25. The van der Waals surface area contributed by atoms with Crippen LogP contribution >= 0.6 is 0 Å². The van der Waals surface area contributed by atoms with Crippen LogP contribution in [0.3, 0.4) is 0 Å². The minimum atomic E-state index is 0.0614. The summed E-state index contributed by atoms with van der Waals surface area (Å²) in [5.41, 5.74) is 1.98. The van der Waals surface area contributed by atoms with Crippen LogP contribution in [0.15, 0.2) is 24.3 Å². The van der Waals surface area contributed by atoms with Crippen molar-refractivity contribution < 1.29 is 9.53 Å². The van der Waals surface area contributed by atoms with E-state index in [2.05, 4.69) is 16.3 Å². The molecule has 1 saturated carbocycles. The second-order valence-electron chi connectivity index (χ2n) is 5.34. The number of hydrogen-bond acceptors (Lipinski definition) is 3. The van der Waals surface area contributed by atoms with Crippen molar-refractivity contribution in [3.05, 3.63) is 35.4 Å². The average Bonchev–Trinajstić information content (AvgIpc) is 3.24. The summed E-state index contributed by atoms with van der Waals surface area (Å²) in [4.78, 5) is 14.4. The van der Waals surface area contributed by atoms with Gasteiger partial charge in [0, 0.05) is 31.2 Å². The number of rotatable bonds is 4. The fourth-order valence-corrected chi connectivity index (χ4v) is 2.32. The van der Waals surface area contributed by atoms with Gasteiger partial charge >= 0.3 is 0 Å². The first kappa shape index (κ1) is 12.6. The molecule has 1 heterocycles. The Bertz CT molecular complexity index is 451. The summed E-state index contributed by atoms with van der Waals surface area (Å²) in [6.45, 7) is 4.45. The first-order valence-corrected chi connectivity index (χ1v) is 7.01. The molecule has 4 nitrogen and oxygen atoms in total. The highest BCUT2D eigenvalue weighted by Gasteiger charge is 2.23. The predicted molar refractivity (Wildman–Crippen MR) is 73.0 cm³/mol. The standard InChI is InChI=1S/C15H20N2O2/c18-15(16-14-4-5-14)13-3-1-2-12(10-13)11-17-6-8-19-9-7-17/h1-3,10,14H,4-9,11H2,(H,16,18). The lowest BCUT2D eigenvalue weighted by atomic mass is 10.1. The van der Waals surface area contributed by atoms with E-state index in [4.69, 9.17) is 4.74 Å². The van der Waals surface area contributed by atoms with Crippen molar-refractivity contribution in [3.63, 3.8) is 0 Å². The SMILES string of the molecule is O=C(NC1CC1)c1cccc(CN2CCOCC2)c1. The van der Waals surface area contributed by atoms with E-state index in [1.807, 2.05) is 18.2 Å². The molecule has 2 fully saturated rings. The molecule has 3 rings (SSSR count). The molecular weight excluding hydrogens is 240 g/mol. The lowest BCUT2D eigenvalue weighted by Crippen LogP contribution is -2.35. The van der Waals surface area contributed by atoms with E-state index in [-0.39, 0.29) is 5.91 Å². The minimum Gasteiger partial charge on any atom is -0.379 e. The van der Waals surface area contributed by atoms with Gasteiger partial charge in [0.05, 0.1) is 13.2 Å². The zero-order chi connectivity index (χ0) is 13.1. The number of benzene rings is 1. The Labute approximate surface area is 113 Å². The van der Waals surface area contributed by atoms with Gasteiger partial charge in [-0.2, -0.15) is 0 Å². The van der Waals surface area contributed by atoms with Gasteiger partial charge in [-0.15, -0.1) is 0 Å². The maximum Gasteiger partial charge on any atom is 0.251 e. The van der Waals surface area contributed by atoms with Crippen LogP contribution in [0.5, 0.6) is 0 Å². The van der Waals surface area contributed by atoms with Crippen molar-refractivity contribution in [2.75, 3.05) is 26.3 Å². The minimum absolute atomic E-state index is 0.0614. The molecule has 1 aromatic carbocycles. The van der Waals surface area contributed by atoms with Crippen molar-refractivity contribution in [2.24, 2.45) is 0 Å². The average molecular weight is 260 g/mol. The van der Waals surface area contributed by atoms with Crippen molar-refractivity contribution in [2.45, 2.75) is 25.4 Å². The van der Waals surface area contributed by atoms with Crippen LogP contribution in [0, 0.1) is 0 Å². The van der Waals surface area contributed by atoms with Crippen molar-refractivity contribution in [1.29, 1.82) is 0 Å². The van der Waals surface area contributed by atoms with E-state index in [9.17, 15) is 4.79 Å². The van der Waals surface area contributed by atoms with Gasteiger partial charge in [-0.05, 0) is 30.5 Å². The second kappa shape index (κ2) is 5.72. The Morgan fingerprint density at radius 1 is 1.32 bits per heavy atom. The lowest BCUT2D eigenvalue weighted by molar-refractivity contribution is 0.0342. The molecule has 1 aromatic rings. The molecule has 2 aliphatic rings. The van der Waals surface area contributed by atoms with Gasteiger partial charge in [0.1, 0.15) is 0 Å². The third-order valence-electron chi connectivity index (χ3n) is 3.61. The number of carbonyl (C=O) groups is 1. The topological polar surface area (TPSA) is 41.6 Å². The Kier molecular flexibility index (Phi) is 3.80. The molecular formula is C15H20N2O2. The Morgan fingerprint density at radius 2 is 2.11 bits per heavy atom. The van der Waals surface area contributed by atoms with E-state index in [1.54, 1.807) is 0 Å². The van der Waals surface area contributed by atoms with Gasteiger partial charge < -0.3 is 10.1 Å². The van der Waals surface area contributed by atoms with Crippen LogP contribution in [-0.2, 0) is 11.3 Å². The van der Waals surface area contributed by atoms with Crippen LogP contribution < -0.4 is 5.32 Å². The number of morpholine rings is 1. The van der Waals surface area contributed by atoms with Gasteiger partial charge in [-0.25, -0.2) is 0 Å². The summed E-state index contributed by atoms with van der Waals surface area (Å²) in [6, 6.07) is 8.37. The van der Waals surface area contributed by atoms with E-state index in [0.717, 1.165) is 51.3 Å². The number of ether oxygens (including phenoxy) is 1. The number of nitrogens with zero attached hydrogens (tertiary/aromatic N) is 1. The summed E-state index contributed by atoms with van der Waals surface area (Å²) in [7, 11) is 0. The highest BCUT2D eigenvalue weighted by atomic mass is 16.5. The molecule has 102 valence electrons. The lowest BCUT2D eigenvalue weighted by Gasteiger charge is -2.26. The molecule has 0 atom stereocenters. The van der Waals surface area contributed by atoms with E-state index in [0.29, 0.717) is 6.04 Å². The molecule has 1 N–H and O–H groups in total. The number of hydrogen-bond donors (Lipinski definition) is 1. The molecule has 1 aliphatic heterocycles. The van der Waals surface area contributed by atoms with Crippen LogP contribution in [0.2, 0.25) is 0 Å². The molecule has 19 heavy (non-hydrogen) atoms.